The molecule has 0 amide bonds. The van der Waals surface area contributed by atoms with Crippen LogP contribution in [0, 0.1) is 0 Å². The van der Waals surface area contributed by atoms with Crippen LogP contribution in [0.2, 0.25) is 0 Å². The number of halogens is 3. The van der Waals surface area contributed by atoms with Crippen LogP contribution in [0.1, 0.15) is 6.42 Å². The summed E-state index contributed by atoms with van der Waals surface area (Å²) in [7, 11) is 0. The summed E-state index contributed by atoms with van der Waals surface area (Å²) in [4.78, 5) is 0. The molecule has 0 aromatic heterocycles. The molecule has 0 aromatic carbocycles. The summed E-state index contributed by atoms with van der Waals surface area (Å²) in [5, 5.41) is 1.91. The van der Waals surface area contributed by atoms with Crippen molar-refractivity contribution in [2.45, 2.75) is 6.42 Å². The van der Waals surface area contributed by atoms with Crippen LogP contribution in [-0.4, -0.2) is 0 Å². The van der Waals surface area contributed by atoms with Crippen molar-refractivity contribution in [1.82, 2.24) is 0 Å². The standard InChI is InChI=1S/C5H3Cl3/c6-3-1-4(7)5(8)2-3/h1H,2H2. The molecule has 1 aliphatic carbocycles. The van der Waals surface area contributed by atoms with Crippen LogP contribution in [-0.2, 0) is 0 Å². The first-order chi connectivity index (χ1) is 3.70. The van der Waals surface area contributed by atoms with Gasteiger partial charge in [0.1, 0.15) is 0 Å². The van der Waals surface area contributed by atoms with Gasteiger partial charge in [0.15, 0.2) is 0 Å². The van der Waals surface area contributed by atoms with Crippen molar-refractivity contribution in [3.63, 3.8) is 0 Å². The Morgan fingerprint density at radius 3 is 2.00 bits per heavy atom. The first-order valence-electron chi connectivity index (χ1n) is 2.10. The Bertz CT molecular complexity index is 167. The third-order valence-corrected chi connectivity index (χ3v) is 1.88. The van der Waals surface area contributed by atoms with E-state index in [9.17, 15) is 0 Å². The molecule has 0 aliphatic heterocycles. The molecule has 0 fully saturated rings. The number of hydrogen-bond acceptors (Lipinski definition) is 0. The molecule has 0 bridgehead atoms. The van der Waals surface area contributed by atoms with Gasteiger partial charge in [0.25, 0.3) is 0 Å². The van der Waals surface area contributed by atoms with Gasteiger partial charge in [-0.05, 0) is 6.08 Å². The fraction of sp³-hybridized carbons (Fsp3) is 0.200. The molecule has 0 heterocycles. The first-order valence-corrected chi connectivity index (χ1v) is 3.24. The van der Waals surface area contributed by atoms with Gasteiger partial charge in [0, 0.05) is 16.5 Å². The monoisotopic (exact) mass is 168 g/mol. The lowest BCUT2D eigenvalue weighted by molar-refractivity contribution is 1.37. The smallest absolute Gasteiger partial charge is 0.0566 e. The SMILES string of the molecule is ClC1=CC(Cl)=C(Cl)C1. The van der Waals surface area contributed by atoms with E-state index in [-0.39, 0.29) is 0 Å². The normalized spacial score (nSPS) is 19.6. The molecule has 44 valence electrons. The highest BCUT2D eigenvalue weighted by Gasteiger charge is 2.09. The second-order valence-corrected chi connectivity index (χ2v) is 2.87. The number of allylic oxidation sites excluding steroid dienone is 4. The minimum Gasteiger partial charge on any atom is -0.0887 e. The zero-order chi connectivity index (χ0) is 6.15. The van der Waals surface area contributed by atoms with E-state index < -0.39 is 0 Å². The molecule has 0 radical (unpaired) electrons. The minimum atomic E-state index is 0.566. The van der Waals surface area contributed by atoms with Gasteiger partial charge in [-0.2, -0.15) is 0 Å². The quantitative estimate of drug-likeness (QED) is 0.522. The second kappa shape index (κ2) is 2.30. The van der Waals surface area contributed by atoms with E-state index in [1.165, 1.54) is 0 Å². The maximum Gasteiger partial charge on any atom is 0.0566 e. The van der Waals surface area contributed by atoms with Crippen molar-refractivity contribution >= 4 is 34.8 Å². The topological polar surface area (TPSA) is 0 Å². The Hall–Kier alpha value is 0.350. The zero-order valence-corrected chi connectivity index (χ0v) is 6.19. The Balaban J connectivity index is 2.79. The maximum atomic E-state index is 5.57. The molecule has 0 saturated carbocycles. The van der Waals surface area contributed by atoms with Gasteiger partial charge >= 0.3 is 0 Å². The van der Waals surface area contributed by atoms with Crippen LogP contribution >= 0.6 is 34.8 Å². The van der Waals surface area contributed by atoms with Crippen LogP contribution in [0.5, 0.6) is 0 Å². The Labute approximate surface area is 62.7 Å². The van der Waals surface area contributed by atoms with Gasteiger partial charge < -0.3 is 0 Å². The summed E-state index contributed by atoms with van der Waals surface area (Å²) >= 11 is 16.7. The molecule has 0 saturated heterocycles. The van der Waals surface area contributed by atoms with Crippen molar-refractivity contribution in [3.05, 3.63) is 21.2 Å². The van der Waals surface area contributed by atoms with E-state index in [1.54, 1.807) is 6.08 Å². The molecular formula is C5H3Cl3. The van der Waals surface area contributed by atoms with Crippen molar-refractivity contribution in [1.29, 1.82) is 0 Å². The fourth-order valence-electron chi connectivity index (χ4n) is 0.500. The zero-order valence-electron chi connectivity index (χ0n) is 3.92. The van der Waals surface area contributed by atoms with E-state index >= 15 is 0 Å². The Morgan fingerprint density at radius 1 is 1.25 bits per heavy atom. The van der Waals surface area contributed by atoms with Crippen LogP contribution in [0.15, 0.2) is 21.2 Å². The van der Waals surface area contributed by atoms with Crippen molar-refractivity contribution in [2.75, 3.05) is 0 Å². The second-order valence-electron chi connectivity index (χ2n) is 1.52. The lowest BCUT2D eigenvalue weighted by Gasteiger charge is -1.83. The van der Waals surface area contributed by atoms with Crippen LogP contribution in [0.4, 0.5) is 0 Å². The van der Waals surface area contributed by atoms with Crippen molar-refractivity contribution in [3.8, 4) is 0 Å². The summed E-state index contributed by atoms with van der Waals surface area (Å²) in [5.74, 6) is 0. The maximum absolute atomic E-state index is 5.57. The van der Waals surface area contributed by atoms with E-state index in [0.29, 0.717) is 21.5 Å². The van der Waals surface area contributed by atoms with Crippen LogP contribution in [0.25, 0.3) is 0 Å². The average Bonchev–Trinajstić information content (AvgIpc) is 1.85. The molecule has 8 heavy (non-hydrogen) atoms. The summed E-state index contributed by atoms with van der Waals surface area (Å²) in [6.07, 6.45) is 2.26. The van der Waals surface area contributed by atoms with Crippen molar-refractivity contribution in [2.24, 2.45) is 0 Å². The molecule has 0 aromatic rings. The summed E-state index contributed by atoms with van der Waals surface area (Å²) in [6, 6.07) is 0. The number of hydrogen-bond donors (Lipinski definition) is 0. The molecule has 0 unspecified atom stereocenters. The summed E-state index contributed by atoms with van der Waals surface area (Å²) < 4.78 is 0. The highest BCUT2D eigenvalue weighted by Crippen LogP contribution is 2.32. The van der Waals surface area contributed by atoms with Gasteiger partial charge in [-0.3, -0.25) is 0 Å². The highest BCUT2D eigenvalue weighted by atomic mass is 35.5. The predicted octanol–water partition coefficient (Wildman–Crippen LogP) is 3.20. The minimum absolute atomic E-state index is 0.566. The fourth-order valence-corrected chi connectivity index (χ4v) is 1.26. The molecular weight excluding hydrogens is 166 g/mol. The molecule has 1 rings (SSSR count). The van der Waals surface area contributed by atoms with Gasteiger partial charge in [0.2, 0.25) is 0 Å². The molecule has 0 nitrogen and oxygen atoms in total. The van der Waals surface area contributed by atoms with Gasteiger partial charge in [-0.15, -0.1) is 0 Å². The average molecular weight is 169 g/mol. The third-order valence-electron chi connectivity index (χ3n) is 0.867. The molecule has 0 N–H and O–H groups in total. The summed E-state index contributed by atoms with van der Waals surface area (Å²) in [5.41, 5.74) is 0. The molecule has 3 heteroatoms. The third kappa shape index (κ3) is 1.19. The Kier molecular flexibility index (Phi) is 1.86. The van der Waals surface area contributed by atoms with Gasteiger partial charge in [-0.25, -0.2) is 0 Å². The number of rotatable bonds is 0. The van der Waals surface area contributed by atoms with E-state index in [0.717, 1.165) is 0 Å². The molecule has 0 atom stereocenters. The lowest BCUT2D eigenvalue weighted by Crippen LogP contribution is -1.62. The molecule has 0 spiro atoms. The first kappa shape index (κ1) is 6.47. The van der Waals surface area contributed by atoms with E-state index in [1.807, 2.05) is 0 Å². The van der Waals surface area contributed by atoms with Crippen LogP contribution in [0.3, 0.4) is 0 Å². The lowest BCUT2D eigenvalue weighted by atomic mass is 10.5. The molecule has 1 aliphatic rings. The highest BCUT2D eigenvalue weighted by molar-refractivity contribution is 6.43. The van der Waals surface area contributed by atoms with Crippen molar-refractivity contribution < 1.29 is 0 Å². The van der Waals surface area contributed by atoms with E-state index in [2.05, 4.69) is 0 Å². The van der Waals surface area contributed by atoms with Crippen LogP contribution < -0.4 is 0 Å². The summed E-state index contributed by atoms with van der Waals surface area (Å²) in [6.45, 7) is 0. The largest absolute Gasteiger partial charge is 0.0887 e. The van der Waals surface area contributed by atoms with Gasteiger partial charge in [-0.1, -0.05) is 34.8 Å². The van der Waals surface area contributed by atoms with E-state index in [4.69, 9.17) is 34.8 Å². The van der Waals surface area contributed by atoms with Gasteiger partial charge in [0.05, 0.1) is 5.03 Å². The predicted molar refractivity (Wildman–Crippen MR) is 37.3 cm³/mol. The Morgan fingerprint density at radius 2 is 1.88 bits per heavy atom.